The van der Waals surface area contributed by atoms with Crippen molar-refractivity contribution >= 4 is 34.0 Å². The van der Waals surface area contributed by atoms with E-state index >= 15 is 0 Å². The molecule has 0 radical (unpaired) electrons. The number of nitrogens with zero attached hydrogens (tertiary/aromatic N) is 2. The Morgan fingerprint density at radius 2 is 1.83 bits per heavy atom. The van der Waals surface area contributed by atoms with Crippen LogP contribution in [0.1, 0.15) is 0 Å². The van der Waals surface area contributed by atoms with Gasteiger partial charge in [0.25, 0.3) is 0 Å². The molecule has 0 aliphatic rings. The number of benzene rings is 2. The molecule has 0 aliphatic carbocycles. The van der Waals surface area contributed by atoms with Gasteiger partial charge in [0.05, 0.1) is 11.8 Å². The van der Waals surface area contributed by atoms with E-state index in [-0.39, 0.29) is 0 Å². The van der Waals surface area contributed by atoms with Gasteiger partial charge in [0.2, 0.25) is 0 Å². The predicted octanol–water partition coefficient (Wildman–Crippen LogP) is 5.29. The molecule has 0 fully saturated rings. The fourth-order valence-corrected chi connectivity index (χ4v) is 2.58. The minimum absolute atomic E-state index is 0.540. The first-order chi connectivity index (χ1) is 11.3. The molecule has 0 unspecified atom stereocenters. The molecule has 0 bridgehead atoms. The van der Waals surface area contributed by atoms with E-state index in [0.717, 1.165) is 16.6 Å². The minimum atomic E-state index is 0.540. The molecule has 0 saturated heterocycles. The van der Waals surface area contributed by atoms with Gasteiger partial charge < -0.3 is 9.73 Å². The summed E-state index contributed by atoms with van der Waals surface area (Å²) in [6.45, 7) is 0. The Kier molecular flexibility index (Phi) is 3.44. The average molecular weight is 322 g/mol. The maximum absolute atomic E-state index is 6.05. The molecule has 0 aliphatic heterocycles. The van der Waals surface area contributed by atoms with E-state index < -0.39 is 0 Å². The number of fused-ring (bicyclic) bond motifs is 1. The van der Waals surface area contributed by atoms with E-state index in [4.69, 9.17) is 16.0 Å². The van der Waals surface area contributed by atoms with Crippen LogP contribution in [0.25, 0.3) is 22.5 Å². The molecule has 0 spiro atoms. The Balaban J connectivity index is 1.86. The van der Waals surface area contributed by atoms with Crippen molar-refractivity contribution in [1.82, 2.24) is 9.97 Å². The number of nitrogens with one attached hydrogen (secondary N) is 1. The monoisotopic (exact) mass is 321 g/mol. The number of furan rings is 1. The van der Waals surface area contributed by atoms with Crippen LogP contribution < -0.4 is 5.32 Å². The van der Waals surface area contributed by atoms with Crippen LogP contribution in [0.4, 0.5) is 11.5 Å². The zero-order valence-corrected chi connectivity index (χ0v) is 12.8. The quantitative estimate of drug-likeness (QED) is 0.557. The lowest BCUT2D eigenvalue weighted by Crippen LogP contribution is -1.98. The van der Waals surface area contributed by atoms with Crippen LogP contribution in [0.3, 0.4) is 0 Å². The minimum Gasteiger partial charge on any atom is -0.461 e. The third-order valence-corrected chi connectivity index (χ3v) is 3.67. The maximum atomic E-state index is 6.05. The van der Waals surface area contributed by atoms with Crippen LogP contribution in [0.5, 0.6) is 0 Å². The van der Waals surface area contributed by atoms with E-state index in [9.17, 15) is 0 Å². The van der Waals surface area contributed by atoms with Crippen LogP contribution >= 0.6 is 11.6 Å². The highest BCUT2D eigenvalue weighted by molar-refractivity contribution is 6.30. The average Bonchev–Trinajstić information content (AvgIpc) is 3.09. The highest BCUT2D eigenvalue weighted by Gasteiger charge is 2.11. The molecule has 0 amide bonds. The SMILES string of the molecule is Clc1cccc(Nc2nc(-c3ccco3)nc3ccccc23)c1. The first-order valence-electron chi connectivity index (χ1n) is 7.13. The molecule has 4 nitrogen and oxygen atoms in total. The Labute approximate surface area is 137 Å². The Morgan fingerprint density at radius 3 is 2.65 bits per heavy atom. The van der Waals surface area contributed by atoms with Crippen molar-refractivity contribution in [2.45, 2.75) is 0 Å². The lowest BCUT2D eigenvalue weighted by molar-refractivity contribution is 0.577. The topological polar surface area (TPSA) is 51.0 Å². The van der Waals surface area contributed by atoms with Gasteiger partial charge in [0.15, 0.2) is 11.6 Å². The molecular weight excluding hydrogens is 310 g/mol. The fraction of sp³-hybridized carbons (Fsp3) is 0. The van der Waals surface area contributed by atoms with E-state index in [1.807, 2.05) is 60.7 Å². The second-order valence-corrected chi connectivity index (χ2v) is 5.46. The summed E-state index contributed by atoms with van der Waals surface area (Å²) in [5, 5.41) is 4.91. The molecule has 0 saturated carbocycles. The molecule has 23 heavy (non-hydrogen) atoms. The summed E-state index contributed by atoms with van der Waals surface area (Å²) in [5.74, 6) is 1.88. The fourth-order valence-electron chi connectivity index (χ4n) is 2.39. The largest absolute Gasteiger partial charge is 0.461 e. The third kappa shape index (κ3) is 2.76. The molecule has 4 aromatic rings. The Hall–Kier alpha value is -2.85. The second-order valence-electron chi connectivity index (χ2n) is 5.03. The number of hydrogen-bond acceptors (Lipinski definition) is 4. The lowest BCUT2D eigenvalue weighted by Gasteiger charge is -2.10. The van der Waals surface area contributed by atoms with Gasteiger partial charge in [-0.3, -0.25) is 0 Å². The number of rotatable bonds is 3. The summed E-state index contributed by atoms with van der Waals surface area (Å²) in [6, 6.07) is 19.0. The number of aromatic nitrogens is 2. The van der Waals surface area contributed by atoms with Crippen LogP contribution in [-0.2, 0) is 0 Å². The van der Waals surface area contributed by atoms with E-state index in [1.54, 1.807) is 6.26 Å². The van der Waals surface area contributed by atoms with Gasteiger partial charge in [0, 0.05) is 16.1 Å². The summed E-state index contributed by atoms with van der Waals surface area (Å²) in [6.07, 6.45) is 1.61. The molecule has 4 rings (SSSR count). The normalized spacial score (nSPS) is 10.8. The van der Waals surface area contributed by atoms with Crippen molar-refractivity contribution in [3.05, 3.63) is 71.9 Å². The van der Waals surface area contributed by atoms with Crippen LogP contribution in [0.2, 0.25) is 5.02 Å². The first kappa shape index (κ1) is 13.8. The molecule has 2 heterocycles. The first-order valence-corrected chi connectivity index (χ1v) is 7.51. The Bertz CT molecular complexity index is 967. The molecule has 2 aromatic heterocycles. The number of halogens is 1. The van der Waals surface area contributed by atoms with Crippen molar-refractivity contribution in [3.63, 3.8) is 0 Å². The molecule has 112 valence electrons. The highest BCUT2D eigenvalue weighted by Crippen LogP contribution is 2.28. The van der Waals surface area contributed by atoms with Gasteiger partial charge in [-0.15, -0.1) is 0 Å². The predicted molar refractivity (Wildman–Crippen MR) is 92.0 cm³/mol. The third-order valence-electron chi connectivity index (χ3n) is 3.43. The summed E-state index contributed by atoms with van der Waals surface area (Å²) in [7, 11) is 0. The van der Waals surface area contributed by atoms with Gasteiger partial charge in [-0.05, 0) is 42.5 Å². The Morgan fingerprint density at radius 1 is 0.913 bits per heavy atom. The van der Waals surface area contributed by atoms with Crippen molar-refractivity contribution in [3.8, 4) is 11.6 Å². The van der Waals surface area contributed by atoms with Crippen LogP contribution in [-0.4, -0.2) is 9.97 Å². The summed E-state index contributed by atoms with van der Waals surface area (Å²) >= 11 is 6.05. The van der Waals surface area contributed by atoms with Gasteiger partial charge >= 0.3 is 0 Å². The number of anilines is 2. The van der Waals surface area contributed by atoms with Crippen molar-refractivity contribution < 1.29 is 4.42 Å². The number of hydrogen-bond donors (Lipinski definition) is 1. The zero-order valence-electron chi connectivity index (χ0n) is 12.0. The second kappa shape index (κ2) is 5.74. The van der Waals surface area contributed by atoms with Crippen LogP contribution in [0.15, 0.2) is 71.3 Å². The van der Waals surface area contributed by atoms with E-state index in [1.165, 1.54) is 0 Å². The van der Waals surface area contributed by atoms with E-state index in [0.29, 0.717) is 22.4 Å². The molecule has 0 atom stereocenters. The van der Waals surface area contributed by atoms with Crippen LogP contribution in [0, 0.1) is 0 Å². The number of para-hydroxylation sites is 1. The smallest absolute Gasteiger partial charge is 0.198 e. The summed E-state index contributed by atoms with van der Waals surface area (Å²) < 4.78 is 5.42. The molecule has 1 N–H and O–H groups in total. The maximum Gasteiger partial charge on any atom is 0.198 e. The van der Waals surface area contributed by atoms with Crippen molar-refractivity contribution in [1.29, 1.82) is 0 Å². The van der Waals surface area contributed by atoms with Crippen molar-refractivity contribution in [2.75, 3.05) is 5.32 Å². The molecule has 2 aromatic carbocycles. The lowest BCUT2D eigenvalue weighted by atomic mass is 10.2. The van der Waals surface area contributed by atoms with Gasteiger partial charge in [-0.25, -0.2) is 9.97 Å². The highest BCUT2D eigenvalue weighted by atomic mass is 35.5. The summed E-state index contributed by atoms with van der Waals surface area (Å²) in [4.78, 5) is 9.18. The van der Waals surface area contributed by atoms with Gasteiger partial charge in [-0.2, -0.15) is 0 Å². The zero-order chi connectivity index (χ0) is 15.6. The van der Waals surface area contributed by atoms with Gasteiger partial charge in [0.1, 0.15) is 5.82 Å². The molecular formula is C18H12ClN3O. The summed E-state index contributed by atoms with van der Waals surface area (Å²) in [5.41, 5.74) is 1.71. The van der Waals surface area contributed by atoms with Crippen molar-refractivity contribution in [2.24, 2.45) is 0 Å². The molecule has 5 heteroatoms. The standard InChI is InChI=1S/C18H12ClN3O/c19-12-5-3-6-13(11-12)20-17-14-7-1-2-8-15(14)21-18(22-17)16-9-4-10-23-16/h1-11H,(H,20,21,22). The van der Waals surface area contributed by atoms with Gasteiger partial charge in [-0.1, -0.05) is 29.8 Å². The van der Waals surface area contributed by atoms with E-state index in [2.05, 4.69) is 15.3 Å².